The Morgan fingerprint density at radius 3 is 2.93 bits per heavy atom. The monoisotopic (exact) mass is 243 g/mol. The molecule has 0 heterocycles. The van der Waals surface area contributed by atoms with Crippen LogP contribution in [0.25, 0.3) is 0 Å². The van der Waals surface area contributed by atoms with Crippen LogP contribution in [0.3, 0.4) is 0 Å². The zero-order valence-electron chi connectivity index (χ0n) is 9.29. The fraction of sp³-hybridized carbons (Fsp3) is 0.500. The number of rotatable bonds is 6. The molecule has 15 heavy (non-hydrogen) atoms. The van der Waals surface area contributed by atoms with Gasteiger partial charge in [0.05, 0.1) is 0 Å². The molecule has 0 aliphatic rings. The van der Waals surface area contributed by atoms with Crippen molar-refractivity contribution >= 4 is 23.4 Å². The Labute approximate surface area is 102 Å². The highest BCUT2D eigenvalue weighted by Crippen LogP contribution is 2.10. The van der Waals surface area contributed by atoms with E-state index in [0.29, 0.717) is 0 Å². The molecule has 0 aliphatic carbocycles. The van der Waals surface area contributed by atoms with Crippen molar-refractivity contribution in [3.63, 3.8) is 0 Å². The van der Waals surface area contributed by atoms with Crippen LogP contribution in [-0.4, -0.2) is 18.6 Å². The Balaban J connectivity index is 2.25. The summed E-state index contributed by atoms with van der Waals surface area (Å²) >= 11 is 7.80. The minimum absolute atomic E-state index is 0.721. The molecule has 1 aromatic rings. The number of nitrogens with one attached hydrogen (secondary N) is 1. The first kappa shape index (κ1) is 12.9. The van der Waals surface area contributed by atoms with Gasteiger partial charge in [0.1, 0.15) is 0 Å². The minimum atomic E-state index is 0.721. The summed E-state index contributed by atoms with van der Waals surface area (Å²) in [5.74, 6) is 1.93. The van der Waals surface area contributed by atoms with E-state index in [2.05, 4.69) is 24.6 Å². The van der Waals surface area contributed by atoms with E-state index in [-0.39, 0.29) is 0 Å². The Morgan fingerprint density at radius 2 is 2.27 bits per heavy atom. The van der Waals surface area contributed by atoms with Crippen LogP contribution in [0.2, 0.25) is 5.02 Å². The van der Waals surface area contributed by atoms with Crippen molar-refractivity contribution in [2.45, 2.75) is 13.5 Å². The van der Waals surface area contributed by atoms with E-state index >= 15 is 0 Å². The number of hydrogen-bond donors (Lipinski definition) is 1. The second-order valence-electron chi connectivity index (χ2n) is 3.82. The van der Waals surface area contributed by atoms with Crippen molar-refractivity contribution in [2.24, 2.45) is 5.92 Å². The molecule has 1 atom stereocenters. The highest BCUT2D eigenvalue weighted by molar-refractivity contribution is 7.98. The number of halogens is 1. The molecule has 0 amide bonds. The molecular weight excluding hydrogens is 226 g/mol. The van der Waals surface area contributed by atoms with Gasteiger partial charge in [0, 0.05) is 11.6 Å². The van der Waals surface area contributed by atoms with Crippen molar-refractivity contribution in [3.05, 3.63) is 34.9 Å². The summed E-state index contributed by atoms with van der Waals surface area (Å²) in [6.45, 7) is 4.23. The first-order valence-corrected chi connectivity index (χ1v) is 6.93. The van der Waals surface area contributed by atoms with Gasteiger partial charge in [-0.1, -0.05) is 30.7 Å². The van der Waals surface area contributed by atoms with Crippen LogP contribution >= 0.6 is 23.4 Å². The van der Waals surface area contributed by atoms with Crippen LogP contribution in [0.15, 0.2) is 24.3 Å². The van der Waals surface area contributed by atoms with Gasteiger partial charge in [-0.05, 0) is 42.2 Å². The molecule has 3 heteroatoms. The zero-order chi connectivity index (χ0) is 11.1. The van der Waals surface area contributed by atoms with Crippen molar-refractivity contribution in [3.8, 4) is 0 Å². The quantitative estimate of drug-likeness (QED) is 0.822. The Kier molecular flexibility index (Phi) is 6.15. The van der Waals surface area contributed by atoms with Crippen molar-refractivity contribution < 1.29 is 0 Å². The summed E-state index contributed by atoms with van der Waals surface area (Å²) in [7, 11) is 0. The van der Waals surface area contributed by atoms with Gasteiger partial charge in [-0.3, -0.25) is 0 Å². The minimum Gasteiger partial charge on any atom is -0.312 e. The second kappa shape index (κ2) is 7.15. The Morgan fingerprint density at radius 1 is 1.47 bits per heavy atom. The fourth-order valence-electron chi connectivity index (χ4n) is 1.45. The maximum Gasteiger partial charge on any atom is 0.0409 e. The van der Waals surface area contributed by atoms with Crippen molar-refractivity contribution in [1.29, 1.82) is 0 Å². The Bertz CT molecular complexity index is 291. The lowest BCUT2D eigenvalue weighted by molar-refractivity contribution is 0.559. The first-order valence-electron chi connectivity index (χ1n) is 5.16. The lowest BCUT2D eigenvalue weighted by Gasteiger charge is -2.11. The summed E-state index contributed by atoms with van der Waals surface area (Å²) in [6, 6.07) is 8.00. The standard InChI is InChI=1S/C12H18ClNS/c1-10(9-15-2)7-14-8-11-4-3-5-12(13)6-11/h3-6,10,14H,7-9H2,1-2H3. The van der Waals surface area contributed by atoms with Gasteiger partial charge in [-0.15, -0.1) is 0 Å². The van der Waals surface area contributed by atoms with E-state index < -0.39 is 0 Å². The topological polar surface area (TPSA) is 12.0 Å². The maximum absolute atomic E-state index is 5.90. The predicted molar refractivity (Wildman–Crippen MR) is 70.7 cm³/mol. The number of benzene rings is 1. The van der Waals surface area contributed by atoms with E-state index in [1.807, 2.05) is 30.0 Å². The largest absolute Gasteiger partial charge is 0.312 e. The second-order valence-corrected chi connectivity index (χ2v) is 5.17. The highest BCUT2D eigenvalue weighted by atomic mass is 35.5. The molecule has 84 valence electrons. The third kappa shape index (κ3) is 5.45. The lowest BCUT2D eigenvalue weighted by Crippen LogP contribution is -2.21. The average Bonchev–Trinajstić information content (AvgIpc) is 2.18. The van der Waals surface area contributed by atoms with Crippen LogP contribution in [-0.2, 0) is 6.54 Å². The number of thioether (sulfide) groups is 1. The van der Waals surface area contributed by atoms with Gasteiger partial charge in [0.15, 0.2) is 0 Å². The van der Waals surface area contributed by atoms with E-state index in [1.165, 1.54) is 11.3 Å². The summed E-state index contributed by atoms with van der Waals surface area (Å²) in [5.41, 5.74) is 1.25. The van der Waals surface area contributed by atoms with E-state index in [0.717, 1.165) is 24.0 Å². The van der Waals surface area contributed by atoms with Crippen molar-refractivity contribution in [2.75, 3.05) is 18.6 Å². The van der Waals surface area contributed by atoms with E-state index in [1.54, 1.807) is 0 Å². The fourth-order valence-corrected chi connectivity index (χ4v) is 2.35. The average molecular weight is 244 g/mol. The molecule has 0 saturated carbocycles. The summed E-state index contributed by atoms with van der Waals surface area (Å²) in [5, 5.41) is 4.25. The van der Waals surface area contributed by atoms with Gasteiger partial charge in [0.2, 0.25) is 0 Å². The van der Waals surface area contributed by atoms with Crippen LogP contribution in [0.5, 0.6) is 0 Å². The molecule has 1 rings (SSSR count). The van der Waals surface area contributed by atoms with Crippen molar-refractivity contribution in [1.82, 2.24) is 5.32 Å². The van der Waals surface area contributed by atoms with Crippen LogP contribution in [0.4, 0.5) is 0 Å². The molecular formula is C12H18ClNS. The molecule has 1 unspecified atom stereocenters. The van der Waals surface area contributed by atoms with Crippen LogP contribution in [0, 0.1) is 5.92 Å². The molecule has 0 aromatic heterocycles. The molecule has 0 saturated heterocycles. The van der Waals surface area contributed by atoms with E-state index in [9.17, 15) is 0 Å². The maximum atomic E-state index is 5.90. The zero-order valence-corrected chi connectivity index (χ0v) is 10.9. The molecule has 1 nitrogen and oxygen atoms in total. The molecule has 0 bridgehead atoms. The molecule has 0 radical (unpaired) electrons. The molecule has 0 aliphatic heterocycles. The van der Waals surface area contributed by atoms with Gasteiger partial charge < -0.3 is 5.32 Å². The molecule has 0 spiro atoms. The van der Waals surface area contributed by atoms with Crippen LogP contribution in [0.1, 0.15) is 12.5 Å². The highest BCUT2D eigenvalue weighted by Gasteiger charge is 2.00. The number of hydrogen-bond acceptors (Lipinski definition) is 2. The smallest absolute Gasteiger partial charge is 0.0409 e. The summed E-state index contributed by atoms with van der Waals surface area (Å²) in [4.78, 5) is 0. The van der Waals surface area contributed by atoms with E-state index in [4.69, 9.17) is 11.6 Å². The van der Waals surface area contributed by atoms with Crippen LogP contribution < -0.4 is 5.32 Å². The molecule has 1 aromatic carbocycles. The van der Waals surface area contributed by atoms with Gasteiger partial charge in [0.25, 0.3) is 0 Å². The Hall–Kier alpha value is -0.180. The lowest BCUT2D eigenvalue weighted by atomic mass is 10.2. The summed E-state index contributed by atoms with van der Waals surface area (Å²) in [6.07, 6.45) is 2.15. The molecule has 1 N–H and O–H groups in total. The van der Waals surface area contributed by atoms with Gasteiger partial charge in [-0.25, -0.2) is 0 Å². The third-order valence-electron chi connectivity index (χ3n) is 2.16. The SMILES string of the molecule is CSCC(C)CNCc1cccc(Cl)c1. The first-order chi connectivity index (χ1) is 7.22. The summed E-state index contributed by atoms with van der Waals surface area (Å²) < 4.78 is 0. The normalized spacial score (nSPS) is 12.7. The van der Waals surface area contributed by atoms with Gasteiger partial charge >= 0.3 is 0 Å². The third-order valence-corrected chi connectivity index (χ3v) is 3.30. The van der Waals surface area contributed by atoms with Gasteiger partial charge in [-0.2, -0.15) is 11.8 Å². The molecule has 0 fully saturated rings. The predicted octanol–water partition coefficient (Wildman–Crippen LogP) is 3.43.